The van der Waals surface area contributed by atoms with Crippen molar-refractivity contribution < 1.29 is 4.43 Å². The van der Waals surface area contributed by atoms with Crippen LogP contribution in [0.3, 0.4) is 0 Å². The van der Waals surface area contributed by atoms with Crippen molar-refractivity contribution in [3.63, 3.8) is 0 Å². The Morgan fingerprint density at radius 2 is 1.82 bits per heavy atom. The van der Waals surface area contributed by atoms with Crippen LogP contribution in [0.1, 0.15) is 20.8 Å². The lowest BCUT2D eigenvalue weighted by Crippen LogP contribution is -2.40. The monoisotopic (exact) mass is 169 g/mol. The van der Waals surface area contributed by atoms with E-state index >= 15 is 0 Å². The summed E-state index contributed by atoms with van der Waals surface area (Å²) in [6, 6.07) is 0. The Hall–Kier alpha value is -0.263. The third-order valence-corrected chi connectivity index (χ3v) is 6.79. The first-order valence-corrected chi connectivity index (χ1v) is 6.75. The number of rotatable bonds is 2. The molecular formula is C9H17OSi. The fourth-order valence-corrected chi connectivity index (χ4v) is 1.30. The van der Waals surface area contributed by atoms with Crippen LogP contribution < -0.4 is 0 Å². The summed E-state index contributed by atoms with van der Waals surface area (Å²) in [6.45, 7) is 11.2. The van der Waals surface area contributed by atoms with Gasteiger partial charge in [0.1, 0.15) is 0 Å². The first kappa shape index (κ1) is 10.7. The van der Waals surface area contributed by atoms with Gasteiger partial charge in [-0.1, -0.05) is 26.7 Å². The quantitative estimate of drug-likeness (QED) is 0.456. The van der Waals surface area contributed by atoms with Gasteiger partial charge in [-0.05, 0) is 24.6 Å². The zero-order valence-corrected chi connectivity index (χ0v) is 9.12. The molecule has 0 heterocycles. The molecule has 0 saturated heterocycles. The maximum atomic E-state index is 6.73. The molecule has 1 radical (unpaired) electrons. The van der Waals surface area contributed by atoms with Gasteiger partial charge in [-0.3, -0.25) is 0 Å². The predicted octanol–water partition coefficient (Wildman–Crippen LogP) is 2.60. The van der Waals surface area contributed by atoms with E-state index in [1.165, 1.54) is 0 Å². The first-order valence-electron chi connectivity index (χ1n) is 3.85. The van der Waals surface area contributed by atoms with Crippen LogP contribution in [0.2, 0.25) is 18.1 Å². The summed E-state index contributed by atoms with van der Waals surface area (Å²) in [5.41, 5.74) is 0. The Balaban J connectivity index is 4.13. The largest absolute Gasteiger partial charge is 0.406 e. The van der Waals surface area contributed by atoms with E-state index in [0.29, 0.717) is 6.61 Å². The zero-order valence-electron chi connectivity index (χ0n) is 8.12. The molecular weight excluding hydrogens is 152 g/mol. The van der Waals surface area contributed by atoms with Gasteiger partial charge in [-0.2, -0.15) is 0 Å². The van der Waals surface area contributed by atoms with Crippen molar-refractivity contribution in [1.82, 2.24) is 0 Å². The van der Waals surface area contributed by atoms with Gasteiger partial charge >= 0.3 is 0 Å². The molecule has 1 nitrogen and oxygen atoms in total. The molecule has 11 heavy (non-hydrogen) atoms. The molecule has 0 aliphatic heterocycles. The Morgan fingerprint density at radius 3 is 2.09 bits per heavy atom. The SMILES string of the molecule is [C]#CCO[Si](C)(C)C(C)(C)C. The third kappa shape index (κ3) is 3.09. The molecule has 63 valence electrons. The normalized spacial score (nSPS) is 12.7. The van der Waals surface area contributed by atoms with Crippen molar-refractivity contribution in [3.8, 4) is 5.92 Å². The van der Waals surface area contributed by atoms with Gasteiger partial charge in [0, 0.05) is 0 Å². The third-order valence-electron chi connectivity index (χ3n) is 2.31. The van der Waals surface area contributed by atoms with Gasteiger partial charge < -0.3 is 4.43 Å². The average Bonchev–Trinajstić information content (AvgIpc) is 1.81. The van der Waals surface area contributed by atoms with Crippen LogP contribution in [0.4, 0.5) is 0 Å². The van der Waals surface area contributed by atoms with E-state index in [1.54, 1.807) is 0 Å². The molecule has 2 heteroatoms. The molecule has 0 aromatic rings. The van der Waals surface area contributed by atoms with Crippen LogP contribution in [0.15, 0.2) is 0 Å². The second kappa shape index (κ2) is 3.42. The van der Waals surface area contributed by atoms with Gasteiger partial charge in [0.2, 0.25) is 0 Å². The molecule has 0 saturated carbocycles. The highest BCUT2D eigenvalue weighted by atomic mass is 28.4. The molecule has 0 rings (SSSR count). The van der Waals surface area contributed by atoms with Crippen molar-refractivity contribution in [2.45, 2.75) is 38.9 Å². The maximum Gasteiger partial charge on any atom is 0.193 e. The van der Waals surface area contributed by atoms with E-state index in [2.05, 4.69) is 39.8 Å². The van der Waals surface area contributed by atoms with E-state index in [9.17, 15) is 0 Å². The second-order valence-electron chi connectivity index (χ2n) is 4.23. The molecule has 0 spiro atoms. The molecule has 0 unspecified atom stereocenters. The molecule has 0 bridgehead atoms. The van der Waals surface area contributed by atoms with Gasteiger partial charge in [-0.25, -0.2) is 0 Å². The minimum atomic E-state index is -1.61. The number of hydrogen-bond donors (Lipinski definition) is 0. The van der Waals surface area contributed by atoms with Gasteiger partial charge in [-0.15, -0.1) is 0 Å². The Labute approximate surface area is 71.3 Å². The van der Waals surface area contributed by atoms with E-state index < -0.39 is 8.32 Å². The van der Waals surface area contributed by atoms with Crippen molar-refractivity contribution in [2.24, 2.45) is 0 Å². The summed E-state index contributed by atoms with van der Waals surface area (Å²) in [6.07, 6.45) is 6.73. The van der Waals surface area contributed by atoms with Crippen LogP contribution in [0.5, 0.6) is 0 Å². The molecule has 0 N–H and O–H groups in total. The summed E-state index contributed by atoms with van der Waals surface area (Å²) >= 11 is 0. The van der Waals surface area contributed by atoms with Crippen LogP contribution in [0, 0.1) is 12.3 Å². The van der Waals surface area contributed by atoms with Gasteiger partial charge in [0.25, 0.3) is 0 Å². The van der Waals surface area contributed by atoms with Gasteiger partial charge in [0.15, 0.2) is 8.32 Å². The fourth-order valence-electron chi connectivity index (χ4n) is 0.433. The smallest absolute Gasteiger partial charge is 0.193 e. The van der Waals surface area contributed by atoms with Crippen LogP contribution in [-0.2, 0) is 4.43 Å². The highest BCUT2D eigenvalue weighted by Gasteiger charge is 2.36. The molecule has 0 amide bonds. The van der Waals surface area contributed by atoms with E-state index in [-0.39, 0.29) is 5.04 Å². The molecule has 0 aliphatic carbocycles. The van der Waals surface area contributed by atoms with Crippen LogP contribution in [-0.4, -0.2) is 14.9 Å². The molecule has 0 aromatic carbocycles. The van der Waals surface area contributed by atoms with Crippen molar-refractivity contribution in [3.05, 3.63) is 6.42 Å². The highest BCUT2D eigenvalue weighted by molar-refractivity contribution is 6.74. The molecule has 0 atom stereocenters. The molecule has 0 aromatic heterocycles. The Kier molecular flexibility index (Phi) is 3.34. The Morgan fingerprint density at radius 1 is 1.36 bits per heavy atom. The predicted molar refractivity (Wildman–Crippen MR) is 50.3 cm³/mol. The first-order chi connectivity index (χ1) is 4.81. The van der Waals surface area contributed by atoms with Crippen molar-refractivity contribution in [2.75, 3.05) is 6.61 Å². The minimum absolute atomic E-state index is 0.240. The lowest BCUT2D eigenvalue weighted by molar-refractivity contribution is 0.334. The van der Waals surface area contributed by atoms with Gasteiger partial charge in [0.05, 0.1) is 6.61 Å². The van der Waals surface area contributed by atoms with Crippen LogP contribution in [0.25, 0.3) is 0 Å². The highest BCUT2D eigenvalue weighted by Crippen LogP contribution is 2.36. The van der Waals surface area contributed by atoms with Crippen molar-refractivity contribution >= 4 is 8.32 Å². The van der Waals surface area contributed by atoms with E-state index in [1.807, 2.05) is 0 Å². The maximum absolute atomic E-state index is 6.73. The number of hydrogen-bond acceptors (Lipinski definition) is 1. The Bertz CT molecular complexity index is 159. The standard InChI is InChI=1S/C9H17OSi/c1-7-8-10-11(5,6)9(2,3)4/h8H2,2-6H3. The summed E-state index contributed by atoms with van der Waals surface area (Å²) in [4.78, 5) is 0. The summed E-state index contributed by atoms with van der Waals surface area (Å²) in [5.74, 6) is 2.26. The second-order valence-corrected chi connectivity index (χ2v) is 9.04. The minimum Gasteiger partial charge on any atom is -0.406 e. The summed E-state index contributed by atoms with van der Waals surface area (Å²) in [7, 11) is -1.61. The zero-order chi connectivity index (χ0) is 9.12. The average molecular weight is 169 g/mol. The van der Waals surface area contributed by atoms with E-state index in [0.717, 1.165) is 0 Å². The fraction of sp³-hybridized carbons (Fsp3) is 0.778. The lowest BCUT2D eigenvalue weighted by atomic mass is 10.2. The lowest BCUT2D eigenvalue weighted by Gasteiger charge is -2.35. The summed E-state index contributed by atoms with van der Waals surface area (Å²) < 4.78 is 5.58. The van der Waals surface area contributed by atoms with Crippen LogP contribution >= 0.6 is 0 Å². The summed E-state index contributed by atoms with van der Waals surface area (Å²) in [5, 5.41) is 0.240. The van der Waals surface area contributed by atoms with E-state index in [4.69, 9.17) is 10.8 Å². The molecule has 0 aliphatic rings. The molecule has 0 fully saturated rings. The van der Waals surface area contributed by atoms with Crippen molar-refractivity contribution in [1.29, 1.82) is 0 Å². The topological polar surface area (TPSA) is 9.23 Å².